The Bertz CT molecular complexity index is 965. The Morgan fingerprint density at radius 2 is 2.07 bits per heavy atom. The van der Waals surface area contributed by atoms with E-state index in [-0.39, 0.29) is 23.7 Å². The zero-order valence-corrected chi connectivity index (χ0v) is 16.6. The Morgan fingerprint density at radius 1 is 1.29 bits per heavy atom. The number of amides is 2. The summed E-state index contributed by atoms with van der Waals surface area (Å²) >= 11 is 0. The van der Waals surface area contributed by atoms with Crippen LogP contribution in [0.25, 0.3) is 0 Å². The summed E-state index contributed by atoms with van der Waals surface area (Å²) in [5.41, 5.74) is 3.09. The van der Waals surface area contributed by atoms with Crippen molar-refractivity contribution >= 4 is 17.5 Å². The third kappa shape index (κ3) is 3.10. The molecule has 2 aliphatic heterocycles. The van der Waals surface area contributed by atoms with Gasteiger partial charge >= 0.3 is 0 Å². The van der Waals surface area contributed by atoms with E-state index in [0.29, 0.717) is 24.5 Å². The zero-order chi connectivity index (χ0) is 20.1. The van der Waals surface area contributed by atoms with Crippen molar-refractivity contribution in [1.29, 1.82) is 0 Å². The lowest BCUT2D eigenvalue weighted by atomic mass is 9.89. The molecule has 146 valence electrons. The predicted octanol–water partition coefficient (Wildman–Crippen LogP) is 2.75. The summed E-state index contributed by atoms with van der Waals surface area (Å²) in [4.78, 5) is 36.5. The minimum Gasteiger partial charge on any atom is -0.495 e. The quantitative estimate of drug-likeness (QED) is 0.866. The normalized spacial score (nSPS) is 18.4. The SMILES string of the molecule is COc1cccc2c1NC(=O)C[C@@H]2C(=O)N1Cc2cnc(C(C)(C)C)nc2C1. The van der Waals surface area contributed by atoms with Crippen molar-refractivity contribution in [2.45, 2.75) is 51.6 Å². The van der Waals surface area contributed by atoms with Crippen molar-refractivity contribution in [3.8, 4) is 5.75 Å². The fourth-order valence-corrected chi connectivity index (χ4v) is 3.74. The Balaban J connectivity index is 1.62. The highest BCUT2D eigenvalue weighted by Crippen LogP contribution is 2.40. The minimum atomic E-state index is -0.525. The maximum Gasteiger partial charge on any atom is 0.231 e. The summed E-state index contributed by atoms with van der Waals surface area (Å²) < 4.78 is 5.35. The molecule has 0 bridgehead atoms. The number of carbonyl (C=O) groups is 2. The summed E-state index contributed by atoms with van der Waals surface area (Å²) in [6, 6.07) is 5.50. The number of aromatic nitrogens is 2. The standard InChI is InChI=1S/C21H24N4O3/c1-21(2,3)20-22-9-12-10-25(11-15(12)23-20)19(27)14-8-17(26)24-18-13(14)6-5-7-16(18)28-4/h5-7,9,14H,8,10-11H2,1-4H3,(H,24,26)/t14-/m0/s1. The number of benzene rings is 1. The van der Waals surface area contributed by atoms with Crippen LogP contribution in [-0.2, 0) is 28.1 Å². The van der Waals surface area contributed by atoms with Crippen LogP contribution < -0.4 is 10.1 Å². The van der Waals surface area contributed by atoms with Crippen LogP contribution in [0.2, 0.25) is 0 Å². The van der Waals surface area contributed by atoms with Crippen LogP contribution in [-0.4, -0.2) is 33.8 Å². The van der Waals surface area contributed by atoms with Crippen LogP contribution >= 0.6 is 0 Å². The van der Waals surface area contributed by atoms with Crippen molar-refractivity contribution in [3.63, 3.8) is 0 Å². The lowest BCUT2D eigenvalue weighted by Gasteiger charge is -2.29. The van der Waals surface area contributed by atoms with E-state index < -0.39 is 5.92 Å². The Morgan fingerprint density at radius 3 is 2.79 bits per heavy atom. The number of nitrogens with one attached hydrogen (secondary N) is 1. The Labute approximate surface area is 164 Å². The number of carbonyl (C=O) groups excluding carboxylic acids is 2. The van der Waals surface area contributed by atoms with Gasteiger partial charge in [0.2, 0.25) is 11.8 Å². The van der Waals surface area contributed by atoms with E-state index in [2.05, 4.69) is 36.1 Å². The summed E-state index contributed by atoms with van der Waals surface area (Å²) in [5, 5.41) is 2.84. The number of methoxy groups -OCH3 is 1. The molecule has 0 unspecified atom stereocenters. The highest BCUT2D eigenvalue weighted by atomic mass is 16.5. The van der Waals surface area contributed by atoms with Gasteiger partial charge in [-0.3, -0.25) is 9.59 Å². The van der Waals surface area contributed by atoms with E-state index in [4.69, 9.17) is 4.74 Å². The molecular formula is C21H24N4O3. The molecule has 2 aromatic rings. The average Bonchev–Trinajstić information content (AvgIpc) is 3.09. The maximum absolute atomic E-state index is 13.3. The molecule has 4 rings (SSSR count). The minimum absolute atomic E-state index is 0.0698. The first-order valence-electron chi connectivity index (χ1n) is 9.38. The smallest absolute Gasteiger partial charge is 0.231 e. The second-order valence-corrected chi connectivity index (χ2v) is 8.34. The molecular weight excluding hydrogens is 356 g/mol. The number of hydrogen-bond donors (Lipinski definition) is 1. The molecule has 0 saturated carbocycles. The molecule has 1 aromatic heterocycles. The average molecular weight is 380 g/mol. The van der Waals surface area contributed by atoms with Gasteiger partial charge in [-0.15, -0.1) is 0 Å². The second-order valence-electron chi connectivity index (χ2n) is 8.34. The number of fused-ring (bicyclic) bond motifs is 2. The van der Waals surface area contributed by atoms with E-state index in [1.807, 2.05) is 18.3 Å². The molecule has 7 nitrogen and oxygen atoms in total. The van der Waals surface area contributed by atoms with Crippen molar-refractivity contribution in [3.05, 3.63) is 47.0 Å². The number of hydrogen-bond acceptors (Lipinski definition) is 5. The Kier molecular flexibility index (Phi) is 4.33. The third-order valence-corrected chi connectivity index (χ3v) is 5.24. The highest BCUT2D eigenvalue weighted by Gasteiger charge is 2.37. The molecule has 0 spiro atoms. The zero-order valence-electron chi connectivity index (χ0n) is 16.6. The first-order chi connectivity index (χ1) is 13.3. The van der Waals surface area contributed by atoms with Gasteiger partial charge in [-0.25, -0.2) is 9.97 Å². The molecule has 1 aromatic carbocycles. The van der Waals surface area contributed by atoms with E-state index in [1.54, 1.807) is 18.1 Å². The van der Waals surface area contributed by atoms with Gasteiger partial charge < -0.3 is 15.0 Å². The number of para-hydroxylation sites is 1. The fraction of sp³-hybridized carbons (Fsp3) is 0.429. The number of anilines is 1. The number of ether oxygens (including phenoxy) is 1. The first-order valence-corrected chi connectivity index (χ1v) is 9.38. The predicted molar refractivity (Wildman–Crippen MR) is 104 cm³/mol. The van der Waals surface area contributed by atoms with Gasteiger partial charge in [0.15, 0.2) is 0 Å². The van der Waals surface area contributed by atoms with E-state index in [9.17, 15) is 9.59 Å². The van der Waals surface area contributed by atoms with Gasteiger partial charge in [0.05, 0.1) is 31.0 Å². The molecule has 3 heterocycles. The maximum atomic E-state index is 13.3. The molecule has 1 atom stereocenters. The van der Waals surface area contributed by atoms with E-state index >= 15 is 0 Å². The van der Waals surface area contributed by atoms with E-state index in [0.717, 1.165) is 22.6 Å². The first kappa shape index (κ1) is 18.4. The Hall–Kier alpha value is -2.96. The molecule has 0 saturated heterocycles. The van der Waals surface area contributed by atoms with Gasteiger partial charge in [0, 0.05) is 30.1 Å². The van der Waals surface area contributed by atoms with E-state index in [1.165, 1.54) is 0 Å². The molecule has 0 radical (unpaired) electrons. The van der Waals surface area contributed by atoms with Gasteiger partial charge in [-0.05, 0) is 11.6 Å². The van der Waals surface area contributed by atoms with Crippen LogP contribution in [0.4, 0.5) is 5.69 Å². The lowest BCUT2D eigenvalue weighted by molar-refractivity contribution is -0.135. The van der Waals surface area contributed by atoms with Crippen LogP contribution in [0.3, 0.4) is 0 Å². The van der Waals surface area contributed by atoms with Crippen molar-refractivity contribution in [2.24, 2.45) is 0 Å². The summed E-state index contributed by atoms with van der Waals surface area (Å²) in [7, 11) is 1.55. The largest absolute Gasteiger partial charge is 0.495 e. The van der Waals surface area contributed by atoms with Crippen molar-refractivity contribution in [1.82, 2.24) is 14.9 Å². The van der Waals surface area contributed by atoms with Crippen molar-refractivity contribution in [2.75, 3.05) is 12.4 Å². The fourth-order valence-electron chi connectivity index (χ4n) is 3.74. The van der Waals surface area contributed by atoms with Crippen LogP contribution in [0, 0.1) is 0 Å². The topological polar surface area (TPSA) is 84.4 Å². The van der Waals surface area contributed by atoms with Gasteiger partial charge in [-0.1, -0.05) is 32.9 Å². The third-order valence-electron chi connectivity index (χ3n) is 5.24. The van der Waals surface area contributed by atoms with Gasteiger partial charge in [0.25, 0.3) is 0 Å². The van der Waals surface area contributed by atoms with Crippen LogP contribution in [0.1, 0.15) is 55.8 Å². The summed E-state index contributed by atoms with van der Waals surface area (Å²) in [6.07, 6.45) is 1.95. The molecule has 0 aliphatic carbocycles. The molecule has 1 N–H and O–H groups in total. The molecule has 2 amide bonds. The number of rotatable bonds is 2. The molecule has 0 fully saturated rings. The highest BCUT2D eigenvalue weighted by molar-refractivity contribution is 6.02. The van der Waals surface area contributed by atoms with Crippen molar-refractivity contribution < 1.29 is 14.3 Å². The van der Waals surface area contributed by atoms with Gasteiger partial charge in [-0.2, -0.15) is 0 Å². The number of nitrogens with zero attached hydrogens (tertiary/aromatic N) is 3. The summed E-state index contributed by atoms with van der Waals surface area (Å²) in [5.74, 6) is 0.561. The summed E-state index contributed by atoms with van der Waals surface area (Å²) in [6.45, 7) is 7.11. The van der Waals surface area contributed by atoms with Crippen LogP contribution in [0.5, 0.6) is 5.75 Å². The van der Waals surface area contributed by atoms with Crippen LogP contribution in [0.15, 0.2) is 24.4 Å². The second kappa shape index (κ2) is 6.58. The molecule has 2 aliphatic rings. The molecule has 28 heavy (non-hydrogen) atoms. The monoisotopic (exact) mass is 380 g/mol. The lowest BCUT2D eigenvalue weighted by Crippen LogP contribution is -2.36. The van der Waals surface area contributed by atoms with Gasteiger partial charge in [0.1, 0.15) is 11.6 Å². The molecule has 7 heteroatoms.